The summed E-state index contributed by atoms with van der Waals surface area (Å²) >= 11 is 3.39. The van der Waals surface area contributed by atoms with Gasteiger partial charge in [0.05, 0.1) is 11.6 Å². The summed E-state index contributed by atoms with van der Waals surface area (Å²) in [5, 5.41) is 3.21. The molecule has 0 spiro atoms. The zero-order chi connectivity index (χ0) is 13.7. The summed E-state index contributed by atoms with van der Waals surface area (Å²) in [7, 11) is 1.61. The maximum atomic E-state index is 11.9. The summed E-state index contributed by atoms with van der Waals surface area (Å²) in [5.74, 6) is 1.40. The monoisotopic (exact) mass is 328 g/mol. The highest BCUT2D eigenvalue weighted by molar-refractivity contribution is 9.10. The molecular formula is C13H17BrN2O3. The van der Waals surface area contributed by atoms with Gasteiger partial charge in [-0.05, 0) is 34.1 Å². The lowest BCUT2D eigenvalue weighted by Crippen LogP contribution is -2.47. The van der Waals surface area contributed by atoms with Crippen molar-refractivity contribution in [3.63, 3.8) is 0 Å². The Bertz CT molecular complexity index is 448. The minimum absolute atomic E-state index is 0.0178. The number of amides is 1. The molecule has 0 bridgehead atoms. The van der Waals surface area contributed by atoms with Crippen molar-refractivity contribution in [3.05, 3.63) is 22.7 Å². The van der Waals surface area contributed by atoms with Crippen LogP contribution in [0.2, 0.25) is 0 Å². The minimum atomic E-state index is 0.0178. The standard InChI is InChI=1S/C13H17BrN2O3/c1-18-10-2-3-12(11(14)8-10)19-9-13(17)16-6-4-15-5-7-16/h2-3,8,15H,4-7,9H2,1H3. The van der Waals surface area contributed by atoms with Crippen molar-refractivity contribution < 1.29 is 14.3 Å². The van der Waals surface area contributed by atoms with Gasteiger partial charge in [0.15, 0.2) is 6.61 Å². The number of rotatable bonds is 4. The fourth-order valence-corrected chi connectivity index (χ4v) is 2.34. The Labute approximate surface area is 121 Å². The van der Waals surface area contributed by atoms with Crippen molar-refractivity contribution in [2.75, 3.05) is 39.9 Å². The van der Waals surface area contributed by atoms with Gasteiger partial charge in [-0.15, -0.1) is 0 Å². The summed E-state index contributed by atoms with van der Waals surface area (Å²) in [6.07, 6.45) is 0. The molecule has 1 heterocycles. The Morgan fingerprint density at radius 2 is 2.16 bits per heavy atom. The van der Waals surface area contributed by atoms with E-state index in [9.17, 15) is 4.79 Å². The first-order valence-corrected chi connectivity index (χ1v) is 6.95. The molecular weight excluding hydrogens is 312 g/mol. The van der Waals surface area contributed by atoms with Gasteiger partial charge in [-0.25, -0.2) is 0 Å². The highest BCUT2D eigenvalue weighted by Gasteiger charge is 2.16. The molecule has 19 heavy (non-hydrogen) atoms. The van der Waals surface area contributed by atoms with E-state index < -0.39 is 0 Å². The Balaban J connectivity index is 1.89. The molecule has 1 aliphatic heterocycles. The summed E-state index contributed by atoms with van der Waals surface area (Å²) in [6.45, 7) is 3.23. The van der Waals surface area contributed by atoms with Crippen molar-refractivity contribution in [1.82, 2.24) is 10.2 Å². The van der Waals surface area contributed by atoms with Crippen LogP contribution in [0.1, 0.15) is 0 Å². The van der Waals surface area contributed by atoms with E-state index >= 15 is 0 Å². The molecule has 0 aliphatic carbocycles. The number of halogens is 1. The Morgan fingerprint density at radius 3 is 2.79 bits per heavy atom. The maximum absolute atomic E-state index is 11.9. The number of hydrogen-bond donors (Lipinski definition) is 1. The van der Waals surface area contributed by atoms with E-state index in [0.29, 0.717) is 5.75 Å². The molecule has 1 N–H and O–H groups in total. The molecule has 1 saturated heterocycles. The summed E-state index contributed by atoms with van der Waals surface area (Å²) in [5.41, 5.74) is 0. The molecule has 6 heteroatoms. The molecule has 104 valence electrons. The zero-order valence-electron chi connectivity index (χ0n) is 10.8. The number of benzene rings is 1. The van der Waals surface area contributed by atoms with Crippen LogP contribution in [0.25, 0.3) is 0 Å². The first-order valence-electron chi connectivity index (χ1n) is 6.15. The molecule has 0 aromatic heterocycles. The van der Waals surface area contributed by atoms with Gasteiger partial charge in [0.2, 0.25) is 0 Å². The number of piperazine rings is 1. The molecule has 1 aliphatic rings. The quantitative estimate of drug-likeness (QED) is 0.904. The third kappa shape index (κ3) is 3.84. The molecule has 0 unspecified atom stereocenters. The number of ether oxygens (including phenoxy) is 2. The van der Waals surface area contributed by atoms with Crippen molar-refractivity contribution in [3.8, 4) is 11.5 Å². The summed E-state index contributed by atoms with van der Waals surface area (Å²) in [6, 6.07) is 5.40. The number of methoxy groups -OCH3 is 1. The van der Waals surface area contributed by atoms with Crippen LogP contribution in [0.3, 0.4) is 0 Å². The molecule has 0 radical (unpaired) electrons. The Kier molecular flexibility index (Phi) is 5.04. The van der Waals surface area contributed by atoms with Gasteiger partial charge in [-0.3, -0.25) is 4.79 Å². The van der Waals surface area contributed by atoms with Gasteiger partial charge in [0.25, 0.3) is 5.91 Å². The molecule has 2 rings (SSSR count). The number of carbonyl (C=O) groups is 1. The third-order valence-corrected chi connectivity index (χ3v) is 3.58. The van der Waals surface area contributed by atoms with E-state index in [1.54, 1.807) is 19.2 Å². The molecule has 0 saturated carbocycles. The van der Waals surface area contributed by atoms with Crippen molar-refractivity contribution in [1.29, 1.82) is 0 Å². The highest BCUT2D eigenvalue weighted by atomic mass is 79.9. The predicted molar refractivity (Wildman–Crippen MR) is 75.6 cm³/mol. The highest BCUT2D eigenvalue weighted by Crippen LogP contribution is 2.29. The molecule has 5 nitrogen and oxygen atoms in total. The smallest absolute Gasteiger partial charge is 0.260 e. The van der Waals surface area contributed by atoms with Crippen LogP contribution >= 0.6 is 15.9 Å². The lowest BCUT2D eigenvalue weighted by molar-refractivity contribution is -0.133. The fourth-order valence-electron chi connectivity index (χ4n) is 1.87. The second-order valence-corrected chi connectivity index (χ2v) is 5.07. The van der Waals surface area contributed by atoms with Crippen LogP contribution in [-0.4, -0.2) is 50.7 Å². The summed E-state index contributed by atoms with van der Waals surface area (Å²) < 4.78 is 11.4. The lowest BCUT2D eigenvalue weighted by atomic mass is 10.3. The normalized spacial score (nSPS) is 15.2. The van der Waals surface area contributed by atoms with Gasteiger partial charge < -0.3 is 19.7 Å². The average molecular weight is 329 g/mol. The number of hydrogen-bond acceptors (Lipinski definition) is 4. The second kappa shape index (κ2) is 6.77. The third-order valence-electron chi connectivity index (χ3n) is 2.96. The number of nitrogens with one attached hydrogen (secondary N) is 1. The molecule has 1 aromatic carbocycles. The number of carbonyl (C=O) groups excluding carboxylic acids is 1. The van der Waals surface area contributed by atoms with E-state index in [4.69, 9.17) is 9.47 Å². The van der Waals surface area contributed by atoms with Crippen molar-refractivity contribution in [2.45, 2.75) is 0 Å². The van der Waals surface area contributed by atoms with Crippen LogP contribution in [0, 0.1) is 0 Å². The first-order chi connectivity index (χ1) is 9.20. The topological polar surface area (TPSA) is 50.8 Å². The summed E-state index contributed by atoms with van der Waals surface area (Å²) in [4.78, 5) is 13.8. The van der Waals surface area contributed by atoms with Crippen LogP contribution in [0.4, 0.5) is 0 Å². The lowest BCUT2D eigenvalue weighted by Gasteiger charge is -2.27. The van der Waals surface area contributed by atoms with Crippen LogP contribution in [0.5, 0.6) is 11.5 Å². The Hall–Kier alpha value is -1.27. The van der Waals surface area contributed by atoms with Crippen molar-refractivity contribution in [2.24, 2.45) is 0 Å². The molecule has 1 amide bonds. The van der Waals surface area contributed by atoms with Crippen LogP contribution in [0.15, 0.2) is 22.7 Å². The largest absolute Gasteiger partial charge is 0.497 e. The van der Waals surface area contributed by atoms with E-state index in [1.165, 1.54) is 0 Å². The average Bonchev–Trinajstić information content (AvgIpc) is 2.46. The van der Waals surface area contributed by atoms with E-state index in [2.05, 4.69) is 21.2 Å². The van der Waals surface area contributed by atoms with Gasteiger partial charge in [-0.1, -0.05) is 0 Å². The maximum Gasteiger partial charge on any atom is 0.260 e. The second-order valence-electron chi connectivity index (χ2n) is 4.22. The minimum Gasteiger partial charge on any atom is -0.497 e. The molecule has 1 fully saturated rings. The van der Waals surface area contributed by atoms with E-state index in [-0.39, 0.29) is 12.5 Å². The van der Waals surface area contributed by atoms with Crippen LogP contribution < -0.4 is 14.8 Å². The van der Waals surface area contributed by atoms with Gasteiger partial charge in [-0.2, -0.15) is 0 Å². The fraction of sp³-hybridized carbons (Fsp3) is 0.462. The molecule has 1 aromatic rings. The van der Waals surface area contributed by atoms with E-state index in [1.807, 2.05) is 11.0 Å². The van der Waals surface area contributed by atoms with E-state index in [0.717, 1.165) is 36.4 Å². The molecule has 0 atom stereocenters. The zero-order valence-corrected chi connectivity index (χ0v) is 12.4. The van der Waals surface area contributed by atoms with Gasteiger partial charge >= 0.3 is 0 Å². The van der Waals surface area contributed by atoms with Crippen molar-refractivity contribution >= 4 is 21.8 Å². The first kappa shape index (κ1) is 14.1. The van der Waals surface area contributed by atoms with Crippen LogP contribution in [-0.2, 0) is 4.79 Å². The van der Waals surface area contributed by atoms with Gasteiger partial charge in [0.1, 0.15) is 11.5 Å². The Morgan fingerprint density at radius 1 is 1.42 bits per heavy atom. The van der Waals surface area contributed by atoms with Gasteiger partial charge in [0, 0.05) is 26.2 Å². The SMILES string of the molecule is COc1ccc(OCC(=O)N2CCNCC2)c(Br)c1. The number of nitrogens with zero attached hydrogens (tertiary/aromatic N) is 1. The predicted octanol–water partition coefficient (Wildman–Crippen LogP) is 1.27.